The van der Waals surface area contributed by atoms with Crippen LogP contribution in [0, 0.1) is 12.8 Å². The summed E-state index contributed by atoms with van der Waals surface area (Å²) in [5.41, 5.74) is 8.79. The minimum atomic E-state index is 0.0191. The number of rotatable bonds is 10. The minimum Gasteiger partial charge on any atom is -0.372 e. The first kappa shape index (κ1) is 18.2. The van der Waals surface area contributed by atoms with Gasteiger partial charge in [-0.3, -0.25) is 0 Å². The Morgan fingerprint density at radius 3 is 2.48 bits per heavy atom. The third kappa shape index (κ3) is 6.19. The highest BCUT2D eigenvalue weighted by atomic mass is 16.5. The zero-order valence-electron chi connectivity index (χ0n) is 14.3. The molecule has 0 amide bonds. The van der Waals surface area contributed by atoms with Gasteiger partial charge >= 0.3 is 0 Å². The molecular formula is C19H33NO. The summed E-state index contributed by atoms with van der Waals surface area (Å²) in [6.07, 6.45) is 5.94. The van der Waals surface area contributed by atoms with Gasteiger partial charge in [-0.1, -0.05) is 69.9 Å². The van der Waals surface area contributed by atoms with Crippen LogP contribution in [-0.2, 0) is 4.74 Å². The second-order valence-corrected chi connectivity index (χ2v) is 6.16. The largest absolute Gasteiger partial charge is 0.372 e. The van der Waals surface area contributed by atoms with Crippen LogP contribution >= 0.6 is 0 Å². The molecule has 0 aliphatic carbocycles. The molecule has 1 rings (SSSR count). The molecule has 0 aliphatic heterocycles. The third-order valence-electron chi connectivity index (χ3n) is 4.29. The van der Waals surface area contributed by atoms with Gasteiger partial charge in [-0.15, -0.1) is 0 Å². The van der Waals surface area contributed by atoms with Gasteiger partial charge in [0.2, 0.25) is 0 Å². The van der Waals surface area contributed by atoms with E-state index >= 15 is 0 Å². The predicted molar refractivity (Wildman–Crippen MR) is 91.4 cm³/mol. The molecule has 0 heterocycles. The van der Waals surface area contributed by atoms with Gasteiger partial charge in [-0.05, 0) is 31.2 Å². The monoisotopic (exact) mass is 291 g/mol. The SMILES string of the molecule is CCCCC(CC)COC(c1cccc(C)c1)C(N)CC. The summed E-state index contributed by atoms with van der Waals surface area (Å²) < 4.78 is 6.26. The standard InChI is InChI=1S/C19H33NO/c1-5-8-11-16(6-2)14-21-19(18(20)7-3)17-12-9-10-15(4)13-17/h9-10,12-13,16,18-19H,5-8,11,14,20H2,1-4H3. The lowest BCUT2D eigenvalue weighted by molar-refractivity contribution is 0.00870. The van der Waals surface area contributed by atoms with Crippen molar-refractivity contribution < 1.29 is 4.74 Å². The van der Waals surface area contributed by atoms with E-state index in [0.29, 0.717) is 5.92 Å². The van der Waals surface area contributed by atoms with Gasteiger partial charge in [0.25, 0.3) is 0 Å². The van der Waals surface area contributed by atoms with Gasteiger partial charge in [0.15, 0.2) is 0 Å². The molecule has 2 nitrogen and oxygen atoms in total. The zero-order valence-corrected chi connectivity index (χ0v) is 14.3. The van der Waals surface area contributed by atoms with Crippen LogP contribution < -0.4 is 5.73 Å². The normalized spacial score (nSPS) is 15.7. The van der Waals surface area contributed by atoms with Crippen LogP contribution in [0.2, 0.25) is 0 Å². The molecule has 0 aromatic heterocycles. The predicted octanol–water partition coefficient (Wildman–Crippen LogP) is 5.01. The summed E-state index contributed by atoms with van der Waals surface area (Å²) in [6, 6.07) is 8.62. The van der Waals surface area contributed by atoms with Gasteiger partial charge in [0, 0.05) is 6.04 Å². The van der Waals surface area contributed by atoms with Crippen molar-refractivity contribution in [2.45, 2.75) is 71.9 Å². The molecule has 120 valence electrons. The molecule has 0 aliphatic rings. The van der Waals surface area contributed by atoms with E-state index in [-0.39, 0.29) is 12.1 Å². The molecule has 1 aromatic carbocycles. The van der Waals surface area contributed by atoms with E-state index in [2.05, 4.69) is 52.0 Å². The fourth-order valence-electron chi connectivity index (χ4n) is 2.67. The molecule has 0 spiro atoms. The van der Waals surface area contributed by atoms with E-state index in [0.717, 1.165) is 13.0 Å². The van der Waals surface area contributed by atoms with Crippen molar-refractivity contribution in [2.75, 3.05) is 6.61 Å². The first-order valence-corrected chi connectivity index (χ1v) is 8.56. The summed E-state index contributed by atoms with van der Waals surface area (Å²) in [4.78, 5) is 0. The molecular weight excluding hydrogens is 258 g/mol. The lowest BCUT2D eigenvalue weighted by Crippen LogP contribution is -2.31. The van der Waals surface area contributed by atoms with E-state index in [9.17, 15) is 0 Å². The Labute approximate surface area is 131 Å². The highest BCUT2D eigenvalue weighted by Crippen LogP contribution is 2.25. The summed E-state index contributed by atoms with van der Waals surface area (Å²) >= 11 is 0. The molecule has 2 heteroatoms. The van der Waals surface area contributed by atoms with E-state index in [4.69, 9.17) is 10.5 Å². The molecule has 0 radical (unpaired) electrons. The zero-order chi connectivity index (χ0) is 15.7. The molecule has 0 saturated heterocycles. The van der Waals surface area contributed by atoms with Crippen molar-refractivity contribution in [3.8, 4) is 0 Å². The van der Waals surface area contributed by atoms with Crippen molar-refractivity contribution >= 4 is 0 Å². The Morgan fingerprint density at radius 2 is 1.90 bits per heavy atom. The van der Waals surface area contributed by atoms with Crippen LogP contribution in [0.4, 0.5) is 0 Å². The smallest absolute Gasteiger partial charge is 0.0975 e. The van der Waals surface area contributed by atoms with Crippen molar-refractivity contribution in [1.82, 2.24) is 0 Å². The lowest BCUT2D eigenvalue weighted by Gasteiger charge is -2.26. The molecule has 3 atom stereocenters. The number of nitrogens with two attached hydrogens (primary N) is 1. The van der Waals surface area contributed by atoms with Crippen LogP contribution in [-0.4, -0.2) is 12.6 Å². The highest BCUT2D eigenvalue weighted by Gasteiger charge is 2.20. The van der Waals surface area contributed by atoms with Crippen LogP contribution in [0.1, 0.15) is 70.1 Å². The van der Waals surface area contributed by atoms with E-state index in [1.165, 1.54) is 36.8 Å². The lowest BCUT2D eigenvalue weighted by atomic mass is 9.97. The minimum absolute atomic E-state index is 0.0191. The van der Waals surface area contributed by atoms with E-state index in [1.807, 2.05) is 0 Å². The van der Waals surface area contributed by atoms with Crippen LogP contribution in [0.3, 0.4) is 0 Å². The summed E-state index contributed by atoms with van der Waals surface area (Å²) in [6.45, 7) is 9.57. The van der Waals surface area contributed by atoms with Gasteiger partial charge in [0.1, 0.15) is 0 Å². The van der Waals surface area contributed by atoms with Crippen LogP contribution in [0.25, 0.3) is 0 Å². The first-order valence-electron chi connectivity index (χ1n) is 8.56. The van der Waals surface area contributed by atoms with Crippen molar-refractivity contribution in [3.05, 3.63) is 35.4 Å². The first-order chi connectivity index (χ1) is 10.1. The molecule has 0 saturated carbocycles. The average Bonchev–Trinajstić information content (AvgIpc) is 2.50. The highest BCUT2D eigenvalue weighted by molar-refractivity contribution is 5.25. The van der Waals surface area contributed by atoms with Crippen LogP contribution in [0.15, 0.2) is 24.3 Å². The Hall–Kier alpha value is -0.860. The molecule has 21 heavy (non-hydrogen) atoms. The summed E-state index contributed by atoms with van der Waals surface area (Å²) in [7, 11) is 0. The number of ether oxygens (including phenoxy) is 1. The Morgan fingerprint density at radius 1 is 1.14 bits per heavy atom. The fourth-order valence-corrected chi connectivity index (χ4v) is 2.67. The van der Waals surface area contributed by atoms with Crippen molar-refractivity contribution in [2.24, 2.45) is 11.7 Å². The third-order valence-corrected chi connectivity index (χ3v) is 4.29. The molecule has 0 bridgehead atoms. The second kappa shape index (κ2) is 9.97. The summed E-state index contributed by atoms with van der Waals surface area (Å²) in [5, 5.41) is 0. The van der Waals surface area contributed by atoms with Crippen LogP contribution in [0.5, 0.6) is 0 Å². The molecule has 0 fully saturated rings. The van der Waals surface area contributed by atoms with Gasteiger partial charge < -0.3 is 10.5 Å². The Kier molecular flexibility index (Phi) is 8.63. The van der Waals surface area contributed by atoms with Crippen molar-refractivity contribution in [1.29, 1.82) is 0 Å². The number of aryl methyl sites for hydroxylation is 1. The molecule has 2 N–H and O–H groups in total. The average molecular weight is 291 g/mol. The number of benzene rings is 1. The fraction of sp³-hybridized carbons (Fsp3) is 0.684. The molecule has 1 aromatic rings. The van der Waals surface area contributed by atoms with Gasteiger partial charge in [-0.25, -0.2) is 0 Å². The quantitative estimate of drug-likeness (QED) is 0.658. The number of hydrogen-bond donors (Lipinski definition) is 1. The topological polar surface area (TPSA) is 35.2 Å². The Bertz CT molecular complexity index is 391. The van der Waals surface area contributed by atoms with Crippen molar-refractivity contribution in [3.63, 3.8) is 0 Å². The summed E-state index contributed by atoms with van der Waals surface area (Å²) in [5.74, 6) is 0.654. The maximum Gasteiger partial charge on any atom is 0.0975 e. The maximum absolute atomic E-state index is 6.30. The van der Waals surface area contributed by atoms with E-state index in [1.54, 1.807) is 0 Å². The van der Waals surface area contributed by atoms with E-state index < -0.39 is 0 Å². The number of unbranched alkanes of at least 4 members (excludes halogenated alkanes) is 1. The van der Waals surface area contributed by atoms with Gasteiger partial charge in [-0.2, -0.15) is 0 Å². The molecule has 3 unspecified atom stereocenters. The second-order valence-electron chi connectivity index (χ2n) is 6.16. The maximum atomic E-state index is 6.30. The van der Waals surface area contributed by atoms with Gasteiger partial charge in [0.05, 0.1) is 12.7 Å². The Balaban J connectivity index is 2.70. The number of hydrogen-bond acceptors (Lipinski definition) is 2.